The number of carbonyl (C=O) groups excluding carboxylic acids is 1. The van der Waals surface area contributed by atoms with Crippen molar-refractivity contribution >= 4 is 28.0 Å². The van der Waals surface area contributed by atoms with E-state index >= 15 is 0 Å². The normalized spacial score (nSPS) is 16.2. The molecule has 0 spiro atoms. The average Bonchev–Trinajstić information content (AvgIpc) is 3.25. The van der Waals surface area contributed by atoms with Crippen molar-refractivity contribution in [3.05, 3.63) is 62.6 Å². The van der Waals surface area contributed by atoms with Gasteiger partial charge in [-0.2, -0.15) is 0 Å². The first-order valence-electron chi connectivity index (χ1n) is 8.35. The number of thiazole rings is 1. The van der Waals surface area contributed by atoms with Crippen molar-refractivity contribution in [2.24, 2.45) is 0 Å². The van der Waals surface area contributed by atoms with E-state index in [4.69, 9.17) is 4.42 Å². The highest BCUT2D eigenvalue weighted by Crippen LogP contribution is 2.40. The van der Waals surface area contributed by atoms with E-state index in [-0.39, 0.29) is 11.7 Å². The van der Waals surface area contributed by atoms with Gasteiger partial charge in [0.25, 0.3) is 5.91 Å². The highest BCUT2D eigenvalue weighted by molar-refractivity contribution is 7.09. The topological polar surface area (TPSA) is 72.2 Å². The van der Waals surface area contributed by atoms with Crippen LogP contribution in [0, 0.1) is 6.92 Å². The minimum absolute atomic E-state index is 0.0447. The summed E-state index contributed by atoms with van der Waals surface area (Å²) in [6, 6.07) is 8.73. The molecule has 1 saturated carbocycles. The first-order valence-corrected chi connectivity index (χ1v) is 9.23. The number of aromatic nitrogens is 1. The highest BCUT2D eigenvalue weighted by atomic mass is 32.1. The number of nitrogens with zero attached hydrogens (tertiary/aromatic N) is 1. The number of nitrogens with one attached hydrogen (secondary N) is 1. The van der Waals surface area contributed by atoms with Gasteiger partial charge in [-0.3, -0.25) is 4.79 Å². The Morgan fingerprint density at radius 3 is 2.76 bits per heavy atom. The van der Waals surface area contributed by atoms with Gasteiger partial charge in [-0.05, 0) is 37.3 Å². The largest absolute Gasteiger partial charge is 0.417 e. The second-order valence-electron chi connectivity index (χ2n) is 6.52. The number of aryl methyl sites for hydroxylation is 1. The Labute approximate surface area is 148 Å². The molecule has 1 amide bonds. The minimum Gasteiger partial charge on any atom is -0.417 e. The van der Waals surface area contributed by atoms with Gasteiger partial charge in [0.1, 0.15) is 5.01 Å². The molecule has 0 unspecified atom stereocenters. The lowest BCUT2D eigenvalue weighted by Crippen LogP contribution is -2.44. The average molecular weight is 354 g/mol. The van der Waals surface area contributed by atoms with Gasteiger partial charge in [0, 0.05) is 11.1 Å². The van der Waals surface area contributed by atoms with Gasteiger partial charge in [0.2, 0.25) is 0 Å². The molecule has 1 aromatic carbocycles. The van der Waals surface area contributed by atoms with Gasteiger partial charge < -0.3 is 9.73 Å². The molecule has 1 aliphatic carbocycles. The Hall–Kier alpha value is -2.47. The van der Waals surface area contributed by atoms with Crippen LogP contribution >= 0.6 is 11.3 Å². The van der Waals surface area contributed by atoms with Gasteiger partial charge in [-0.15, -0.1) is 11.3 Å². The summed E-state index contributed by atoms with van der Waals surface area (Å²) in [6.45, 7) is 1.95. The molecule has 2 aromatic heterocycles. The van der Waals surface area contributed by atoms with E-state index in [0.29, 0.717) is 10.8 Å². The van der Waals surface area contributed by atoms with Crippen LogP contribution in [0.25, 0.3) is 10.8 Å². The maximum atomic E-state index is 12.8. The van der Waals surface area contributed by atoms with Gasteiger partial charge in [0.05, 0.1) is 10.9 Å². The lowest BCUT2D eigenvalue weighted by atomic mass is 9.98. The van der Waals surface area contributed by atoms with E-state index in [9.17, 15) is 9.59 Å². The molecule has 128 valence electrons. The molecule has 0 bridgehead atoms. The molecule has 5 nitrogen and oxygen atoms in total. The minimum atomic E-state index is -0.492. The van der Waals surface area contributed by atoms with Crippen molar-refractivity contribution in [1.82, 2.24) is 10.3 Å². The number of fused-ring (bicyclic) bond motifs is 1. The molecule has 2 heterocycles. The quantitative estimate of drug-likeness (QED) is 0.777. The molecular weight excluding hydrogens is 336 g/mol. The zero-order chi connectivity index (χ0) is 17.4. The molecule has 25 heavy (non-hydrogen) atoms. The molecular formula is C19H18N2O3S. The van der Waals surface area contributed by atoms with Crippen molar-refractivity contribution in [3.63, 3.8) is 0 Å². The van der Waals surface area contributed by atoms with Crippen molar-refractivity contribution < 1.29 is 9.21 Å². The summed E-state index contributed by atoms with van der Waals surface area (Å²) in [7, 11) is 0. The van der Waals surface area contributed by atoms with Crippen LogP contribution in [-0.2, 0) is 5.54 Å². The Morgan fingerprint density at radius 1 is 1.28 bits per heavy atom. The molecule has 6 heteroatoms. The summed E-state index contributed by atoms with van der Waals surface area (Å²) in [5.74, 6) is -0.319. The highest BCUT2D eigenvalue weighted by Gasteiger charge is 2.40. The standard InChI is InChI=1S/C19H18N2O3S/c1-12-11-25-18(20-12)19(8-4-5-9-19)21-16(22)15-10-13-6-2-3-7-14(13)17(23)24-15/h2-3,6-7,10-11H,4-5,8-9H2,1H3,(H,21,22). The third kappa shape index (κ3) is 2.87. The lowest BCUT2D eigenvalue weighted by Gasteiger charge is -2.27. The Kier molecular flexibility index (Phi) is 3.92. The van der Waals surface area contributed by atoms with Crippen LogP contribution < -0.4 is 10.9 Å². The molecule has 3 aromatic rings. The summed E-state index contributed by atoms with van der Waals surface area (Å²) in [5, 5.41) is 7.21. The van der Waals surface area contributed by atoms with Crippen LogP contribution in [-0.4, -0.2) is 10.9 Å². The summed E-state index contributed by atoms with van der Waals surface area (Å²) < 4.78 is 5.26. The Morgan fingerprint density at radius 2 is 2.04 bits per heavy atom. The zero-order valence-corrected chi connectivity index (χ0v) is 14.7. The van der Waals surface area contributed by atoms with E-state index < -0.39 is 11.2 Å². The monoisotopic (exact) mass is 354 g/mol. The molecule has 1 aliphatic rings. The summed E-state index contributed by atoms with van der Waals surface area (Å²) in [4.78, 5) is 29.5. The first kappa shape index (κ1) is 16.0. The van der Waals surface area contributed by atoms with Crippen molar-refractivity contribution in [2.45, 2.75) is 38.1 Å². The number of carbonyl (C=O) groups is 1. The third-order valence-corrected chi connectivity index (χ3v) is 5.90. The predicted molar refractivity (Wildman–Crippen MR) is 96.9 cm³/mol. The molecule has 0 radical (unpaired) electrons. The first-order chi connectivity index (χ1) is 12.1. The predicted octanol–water partition coefficient (Wildman–Crippen LogP) is 3.76. The lowest BCUT2D eigenvalue weighted by molar-refractivity contribution is 0.0865. The van der Waals surface area contributed by atoms with Crippen molar-refractivity contribution in [3.8, 4) is 0 Å². The second kappa shape index (κ2) is 6.11. The van der Waals surface area contributed by atoms with E-state index in [1.807, 2.05) is 18.4 Å². The smallest absolute Gasteiger partial charge is 0.344 e. The number of amides is 1. The zero-order valence-electron chi connectivity index (χ0n) is 13.9. The number of hydrogen-bond donors (Lipinski definition) is 1. The van der Waals surface area contributed by atoms with Crippen LogP contribution in [0.4, 0.5) is 0 Å². The maximum absolute atomic E-state index is 12.8. The summed E-state index contributed by atoms with van der Waals surface area (Å²) >= 11 is 1.57. The Bertz CT molecular complexity index is 999. The van der Waals surface area contributed by atoms with Gasteiger partial charge in [0.15, 0.2) is 5.76 Å². The van der Waals surface area contributed by atoms with Crippen molar-refractivity contribution in [2.75, 3.05) is 0 Å². The molecule has 0 atom stereocenters. The number of rotatable bonds is 3. The SMILES string of the molecule is Cc1csc(C2(NC(=O)c3cc4ccccc4c(=O)o3)CCCC2)n1. The molecule has 0 aliphatic heterocycles. The van der Waals surface area contributed by atoms with Gasteiger partial charge in [-0.1, -0.05) is 31.0 Å². The molecule has 0 saturated heterocycles. The number of hydrogen-bond acceptors (Lipinski definition) is 5. The van der Waals surface area contributed by atoms with Crippen LogP contribution in [0.2, 0.25) is 0 Å². The van der Waals surface area contributed by atoms with Crippen molar-refractivity contribution in [1.29, 1.82) is 0 Å². The fourth-order valence-corrected chi connectivity index (χ4v) is 4.48. The third-order valence-electron chi connectivity index (χ3n) is 4.73. The van der Waals surface area contributed by atoms with Crippen LogP contribution in [0.3, 0.4) is 0 Å². The van der Waals surface area contributed by atoms with Gasteiger partial charge >= 0.3 is 5.63 Å². The maximum Gasteiger partial charge on any atom is 0.344 e. The fourth-order valence-electron chi connectivity index (χ4n) is 3.47. The second-order valence-corrected chi connectivity index (χ2v) is 7.38. The van der Waals surface area contributed by atoms with E-state index in [0.717, 1.165) is 36.4 Å². The Balaban J connectivity index is 1.70. The van der Waals surface area contributed by atoms with E-state index in [1.54, 1.807) is 35.6 Å². The van der Waals surface area contributed by atoms with Crippen LogP contribution in [0.15, 0.2) is 44.9 Å². The number of benzene rings is 1. The fraction of sp³-hybridized carbons (Fsp3) is 0.316. The molecule has 4 rings (SSSR count). The summed E-state index contributed by atoms with van der Waals surface area (Å²) in [6.07, 6.45) is 3.79. The summed E-state index contributed by atoms with van der Waals surface area (Å²) in [5.41, 5.74) is 0.00631. The molecule has 1 N–H and O–H groups in total. The van der Waals surface area contributed by atoms with E-state index in [2.05, 4.69) is 10.3 Å². The van der Waals surface area contributed by atoms with Gasteiger partial charge in [-0.25, -0.2) is 9.78 Å². The van der Waals surface area contributed by atoms with Crippen LogP contribution in [0.5, 0.6) is 0 Å². The van der Waals surface area contributed by atoms with Crippen LogP contribution in [0.1, 0.15) is 46.9 Å². The molecule has 1 fully saturated rings. The van der Waals surface area contributed by atoms with E-state index in [1.165, 1.54) is 0 Å².